The van der Waals surface area contributed by atoms with Crippen molar-refractivity contribution in [1.82, 2.24) is 10.3 Å². The molecule has 3 rings (SSSR count). The van der Waals surface area contributed by atoms with Gasteiger partial charge in [0.05, 0.1) is 17.3 Å². The largest absolute Gasteiger partial charge is 0.375 e. The van der Waals surface area contributed by atoms with Crippen molar-refractivity contribution in [3.63, 3.8) is 0 Å². The summed E-state index contributed by atoms with van der Waals surface area (Å²) >= 11 is 6.25. The van der Waals surface area contributed by atoms with E-state index in [-0.39, 0.29) is 12.5 Å². The molecule has 0 radical (unpaired) electrons. The van der Waals surface area contributed by atoms with Gasteiger partial charge in [-0.3, -0.25) is 4.79 Å². The van der Waals surface area contributed by atoms with Gasteiger partial charge in [-0.15, -0.1) is 0 Å². The first-order chi connectivity index (χ1) is 12.0. The zero-order chi connectivity index (χ0) is 17.8. The van der Waals surface area contributed by atoms with Gasteiger partial charge in [0.1, 0.15) is 0 Å². The Bertz CT molecular complexity index is 878. The second-order valence-electron chi connectivity index (χ2n) is 6.25. The standard InChI is InChI=1S/C20H22ClN3O/c1-13-9-14(2)20(17(21)10-13)24-12-19(25)22-8-7-15-11-23-18-6-4-3-5-16(15)18/h3-6,9-11,23-24H,7-8,12H2,1-2H3,(H,22,25). The molecule has 1 heterocycles. The lowest BCUT2D eigenvalue weighted by molar-refractivity contribution is -0.119. The normalized spacial score (nSPS) is 10.8. The highest BCUT2D eigenvalue weighted by Gasteiger charge is 2.08. The smallest absolute Gasteiger partial charge is 0.239 e. The highest BCUT2D eigenvalue weighted by molar-refractivity contribution is 6.33. The Hall–Kier alpha value is -2.46. The first kappa shape index (κ1) is 17.4. The molecule has 0 atom stereocenters. The molecule has 5 heteroatoms. The number of H-pyrrole nitrogens is 1. The summed E-state index contributed by atoms with van der Waals surface area (Å²) in [5, 5.41) is 7.93. The maximum atomic E-state index is 12.1. The summed E-state index contributed by atoms with van der Waals surface area (Å²) in [6, 6.07) is 12.1. The molecule has 3 N–H and O–H groups in total. The zero-order valence-corrected chi connectivity index (χ0v) is 15.2. The van der Waals surface area contributed by atoms with Crippen LogP contribution in [0.4, 0.5) is 5.69 Å². The van der Waals surface area contributed by atoms with Crippen LogP contribution in [-0.4, -0.2) is 24.0 Å². The van der Waals surface area contributed by atoms with Gasteiger partial charge in [-0.2, -0.15) is 0 Å². The number of aromatic amines is 1. The van der Waals surface area contributed by atoms with Gasteiger partial charge in [0.25, 0.3) is 0 Å². The molecule has 0 spiro atoms. The number of rotatable bonds is 6. The van der Waals surface area contributed by atoms with Gasteiger partial charge >= 0.3 is 0 Å². The third-order valence-electron chi connectivity index (χ3n) is 4.25. The van der Waals surface area contributed by atoms with Crippen molar-refractivity contribution in [2.24, 2.45) is 0 Å². The number of amides is 1. The molecule has 2 aromatic carbocycles. The van der Waals surface area contributed by atoms with Gasteiger partial charge in [-0.1, -0.05) is 35.9 Å². The lowest BCUT2D eigenvalue weighted by Crippen LogP contribution is -2.31. The average Bonchev–Trinajstić information content (AvgIpc) is 2.97. The number of aromatic nitrogens is 1. The van der Waals surface area contributed by atoms with Crippen molar-refractivity contribution in [2.75, 3.05) is 18.4 Å². The summed E-state index contributed by atoms with van der Waals surface area (Å²) in [6.45, 7) is 4.79. The Kier molecular flexibility index (Phi) is 5.29. The summed E-state index contributed by atoms with van der Waals surface area (Å²) < 4.78 is 0. The van der Waals surface area contributed by atoms with Crippen LogP contribution in [0.25, 0.3) is 10.9 Å². The van der Waals surface area contributed by atoms with Crippen LogP contribution >= 0.6 is 11.6 Å². The predicted octanol–water partition coefficient (Wildman–Crippen LogP) is 4.21. The summed E-state index contributed by atoms with van der Waals surface area (Å²) in [7, 11) is 0. The fourth-order valence-corrected chi connectivity index (χ4v) is 3.43. The minimum absolute atomic E-state index is 0.0455. The van der Waals surface area contributed by atoms with Crippen LogP contribution in [0.5, 0.6) is 0 Å². The molecule has 0 fully saturated rings. The molecule has 0 saturated carbocycles. The van der Waals surface area contributed by atoms with E-state index in [1.807, 2.05) is 44.3 Å². The summed E-state index contributed by atoms with van der Waals surface area (Å²) in [6.07, 6.45) is 2.80. The topological polar surface area (TPSA) is 56.9 Å². The number of nitrogens with one attached hydrogen (secondary N) is 3. The third-order valence-corrected chi connectivity index (χ3v) is 4.55. The number of hydrogen-bond acceptors (Lipinski definition) is 2. The van der Waals surface area contributed by atoms with Gasteiger partial charge in [0, 0.05) is 23.6 Å². The number of carbonyl (C=O) groups is 1. The number of fused-ring (bicyclic) bond motifs is 1. The van der Waals surface area contributed by atoms with Crippen LogP contribution in [0.3, 0.4) is 0 Å². The maximum Gasteiger partial charge on any atom is 0.239 e. The van der Waals surface area contributed by atoms with E-state index in [2.05, 4.69) is 27.8 Å². The van der Waals surface area contributed by atoms with E-state index in [4.69, 9.17) is 11.6 Å². The Morgan fingerprint density at radius 1 is 1.20 bits per heavy atom. The molecule has 3 aromatic rings. The van der Waals surface area contributed by atoms with Crippen molar-refractivity contribution in [3.05, 3.63) is 64.3 Å². The van der Waals surface area contributed by atoms with E-state index in [0.29, 0.717) is 11.6 Å². The van der Waals surface area contributed by atoms with Crippen molar-refractivity contribution < 1.29 is 4.79 Å². The molecule has 0 bridgehead atoms. The highest BCUT2D eigenvalue weighted by Crippen LogP contribution is 2.27. The summed E-state index contributed by atoms with van der Waals surface area (Å²) in [4.78, 5) is 15.3. The molecular formula is C20H22ClN3O. The first-order valence-corrected chi connectivity index (χ1v) is 8.74. The van der Waals surface area contributed by atoms with Crippen molar-refractivity contribution in [1.29, 1.82) is 0 Å². The predicted molar refractivity (Wildman–Crippen MR) is 104 cm³/mol. The Morgan fingerprint density at radius 2 is 2.00 bits per heavy atom. The number of para-hydroxylation sites is 1. The van der Waals surface area contributed by atoms with Gasteiger partial charge in [-0.25, -0.2) is 0 Å². The second-order valence-corrected chi connectivity index (χ2v) is 6.66. The van der Waals surface area contributed by atoms with E-state index >= 15 is 0 Å². The van der Waals surface area contributed by atoms with Gasteiger partial charge < -0.3 is 15.6 Å². The van der Waals surface area contributed by atoms with E-state index < -0.39 is 0 Å². The average molecular weight is 356 g/mol. The summed E-state index contributed by atoms with van der Waals surface area (Å²) in [5.74, 6) is -0.0455. The molecular weight excluding hydrogens is 334 g/mol. The monoisotopic (exact) mass is 355 g/mol. The van der Waals surface area contributed by atoms with Gasteiger partial charge in [0.2, 0.25) is 5.91 Å². The van der Waals surface area contributed by atoms with Crippen LogP contribution in [-0.2, 0) is 11.2 Å². The molecule has 25 heavy (non-hydrogen) atoms. The lowest BCUT2D eigenvalue weighted by Gasteiger charge is -2.12. The van der Waals surface area contributed by atoms with Crippen LogP contribution < -0.4 is 10.6 Å². The molecule has 130 valence electrons. The Morgan fingerprint density at radius 3 is 2.80 bits per heavy atom. The number of benzene rings is 2. The Balaban J connectivity index is 1.50. The maximum absolute atomic E-state index is 12.1. The number of carbonyl (C=O) groups excluding carboxylic acids is 1. The summed E-state index contributed by atoms with van der Waals surface area (Å²) in [5.41, 5.74) is 5.29. The Labute approximate surface area is 152 Å². The minimum Gasteiger partial charge on any atom is -0.375 e. The van der Waals surface area contributed by atoms with Crippen molar-refractivity contribution >= 4 is 34.1 Å². The van der Waals surface area contributed by atoms with E-state index in [9.17, 15) is 4.79 Å². The molecule has 1 amide bonds. The quantitative estimate of drug-likeness (QED) is 0.620. The zero-order valence-electron chi connectivity index (χ0n) is 14.4. The number of aryl methyl sites for hydroxylation is 2. The highest BCUT2D eigenvalue weighted by atomic mass is 35.5. The first-order valence-electron chi connectivity index (χ1n) is 8.37. The lowest BCUT2D eigenvalue weighted by atomic mass is 10.1. The fraction of sp³-hybridized carbons (Fsp3) is 0.250. The van der Waals surface area contributed by atoms with E-state index in [1.165, 1.54) is 10.9 Å². The van der Waals surface area contributed by atoms with Crippen molar-refractivity contribution in [2.45, 2.75) is 20.3 Å². The number of halogens is 1. The van der Waals surface area contributed by atoms with Crippen LogP contribution in [0.2, 0.25) is 5.02 Å². The van der Waals surface area contributed by atoms with Crippen LogP contribution in [0.1, 0.15) is 16.7 Å². The second kappa shape index (κ2) is 7.62. The number of anilines is 1. The van der Waals surface area contributed by atoms with Gasteiger partial charge in [0.15, 0.2) is 0 Å². The van der Waals surface area contributed by atoms with Gasteiger partial charge in [-0.05, 0) is 49.1 Å². The molecule has 0 unspecified atom stereocenters. The third kappa shape index (κ3) is 4.15. The molecule has 0 aliphatic rings. The molecule has 0 aliphatic heterocycles. The fourth-order valence-electron chi connectivity index (χ4n) is 3.05. The minimum atomic E-state index is -0.0455. The molecule has 1 aromatic heterocycles. The molecule has 0 aliphatic carbocycles. The van der Waals surface area contributed by atoms with E-state index in [1.54, 1.807) is 0 Å². The van der Waals surface area contributed by atoms with Crippen LogP contribution in [0.15, 0.2) is 42.6 Å². The van der Waals surface area contributed by atoms with Crippen molar-refractivity contribution in [3.8, 4) is 0 Å². The van der Waals surface area contributed by atoms with E-state index in [0.717, 1.165) is 28.8 Å². The number of hydrogen-bond donors (Lipinski definition) is 3. The molecule has 0 saturated heterocycles. The van der Waals surface area contributed by atoms with Crippen LogP contribution in [0, 0.1) is 13.8 Å². The SMILES string of the molecule is Cc1cc(C)c(NCC(=O)NCCc2c[nH]c3ccccc23)c(Cl)c1. The molecule has 4 nitrogen and oxygen atoms in total.